The van der Waals surface area contributed by atoms with E-state index in [1.54, 1.807) is 6.33 Å². The molecule has 0 radical (unpaired) electrons. The summed E-state index contributed by atoms with van der Waals surface area (Å²) >= 11 is 6.01. The number of fused-ring (bicyclic) bond motifs is 1. The summed E-state index contributed by atoms with van der Waals surface area (Å²) in [5.74, 6) is 0.975. The van der Waals surface area contributed by atoms with E-state index < -0.39 is 0 Å². The maximum atomic E-state index is 12.2. The monoisotopic (exact) mass is 319 g/mol. The maximum Gasteiger partial charge on any atom is 0.319 e. The molecular formula is C15H18ClN5O. The fraction of sp³-hybridized carbons (Fsp3) is 0.400. The number of nitrogens with zero attached hydrogens (tertiary/aromatic N) is 3. The minimum atomic E-state index is -0.206. The Hall–Kier alpha value is -2.08. The number of amides is 2. The molecule has 7 heteroatoms. The second-order valence-electron chi connectivity index (χ2n) is 5.61. The SMILES string of the molecule is Cc1cc(Cl)cc(C)c1NC(=O)NC1CCc2ncnn2C1. The third-order valence-corrected chi connectivity index (χ3v) is 4.09. The average molecular weight is 320 g/mol. The first-order valence-corrected chi connectivity index (χ1v) is 7.61. The highest BCUT2D eigenvalue weighted by molar-refractivity contribution is 6.30. The van der Waals surface area contributed by atoms with Crippen LogP contribution in [-0.2, 0) is 13.0 Å². The van der Waals surface area contributed by atoms with Gasteiger partial charge in [0.2, 0.25) is 0 Å². The minimum absolute atomic E-state index is 0.0575. The van der Waals surface area contributed by atoms with Crippen LogP contribution in [0.2, 0.25) is 5.02 Å². The van der Waals surface area contributed by atoms with Crippen LogP contribution < -0.4 is 10.6 Å². The molecule has 0 saturated heterocycles. The largest absolute Gasteiger partial charge is 0.333 e. The van der Waals surface area contributed by atoms with Crippen LogP contribution >= 0.6 is 11.6 Å². The molecule has 2 heterocycles. The van der Waals surface area contributed by atoms with Crippen LogP contribution in [0.4, 0.5) is 10.5 Å². The fourth-order valence-electron chi connectivity index (χ4n) is 2.80. The molecule has 0 fully saturated rings. The summed E-state index contributed by atoms with van der Waals surface area (Å²) < 4.78 is 1.84. The molecular weight excluding hydrogens is 302 g/mol. The minimum Gasteiger partial charge on any atom is -0.333 e. The van der Waals surface area contributed by atoms with Crippen molar-refractivity contribution in [1.29, 1.82) is 0 Å². The van der Waals surface area contributed by atoms with Gasteiger partial charge in [0, 0.05) is 17.1 Å². The van der Waals surface area contributed by atoms with E-state index in [0.717, 1.165) is 35.5 Å². The van der Waals surface area contributed by atoms with Gasteiger partial charge in [-0.15, -0.1) is 0 Å². The summed E-state index contributed by atoms with van der Waals surface area (Å²) in [6.07, 6.45) is 3.24. The van der Waals surface area contributed by atoms with E-state index in [1.165, 1.54) is 0 Å². The molecule has 22 heavy (non-hydrogen) atoms. The van der Waals surface area contributed by atoms with Crippen LogP contribution in [0.3, 0.4) is 0 Å². The summed E-state index contributed by atoms with van der Waals surface area (Å²) in [7, 11) is 0. The van der Waals surface area contributed by atoms with Gasteiger partial charge in [0.1, 0.15) is 12.2 Å². The van der Waals surface area contributed by atoms with Crippen LogP contribution in [0.25, 0.3) is 0 Å². The molecule has 116 valence electrons. The van der Waals surface area contributed by atoms with E-state index in [9.17, 15) is 4.79 Å². The van der Waals surface area contributed by atoms with Crippen LogP contribution in [0.5, 0.6) is 0 Å². The molecule has 2 amide bonds. The Morgan fingerprint density at radius 2 is 2.09 bits per heavy atom. The van der Waals surface area contributed by atoms with Crippen molar-refractivity contribution in [1.82, 2.24) is 20.1 Å². The van der Waals surface area contributed by atoms with Gasteiger partial charge in [-0.25, -0.2) is 14.5 Å². The number of benzene rings is 1. The standard InChI is InChI=1S/C15H18ClN5O/c1-9-5-11(16)6-10(2)14(9)20-15(22)19-12-3-4-13-17-8-18-21(13)7-12/h5-6,8,12H,3-4,7H2,1-2H3,(H2,19,20,22). The molecule has 6 nitrogen and oxygen atoms in total. The fourth-order valence-corrected chi connectivity index (χ4v) is 3.13. The number of carbonyl (C=O) groups excluding carboxylic acids is 1. The Balaban J connectivity index is 1.64. The van der Waals surface area contributed by atoms with Crippen molar-refractivity contribution < 1.29 is 4.79 Å². The predicted molar refractivity (Wildman–Crippen MR) is 85.2 cm³/mol. The van der Waals surface area contributed by atoms with Crippen molar-refractivity contribution in [3.63, 3.8) is 0 Å². The zero-order chi connectivity index (χ0) is 15.7. The van der Waals surface area contributed by atoms with Crippen LogP contribution in [0.1, 0.15) is 23.4 Å². The predicted octanol–water partition coefficient (Wildman–Crippen LogP) is 2.68. The van der Waals surface area contributed by atoms with E-state index in [-0.39, 0.29) is 12.1 Å². The molecule has 1 atom stereocenters. The van der Waals surface area contributed by atoms with E-state index in [0.29, 0.717) is 11.6 Å². The molecule has 1 unspecified atom stereocenters. The lowest BCUT2D eigenvalue weighted by Gasteiger charge is -2.24. The quantitative estimate of drug-likeness (QED) is 0.894. The van der Waals surface area contributed by atoms with Crippen LogP contribution in [-0.4, -0.2) is 26.8 Å². The number of rotatable bonds is 2. The van der Waals surface area contributed by atoms with Gasteiger partial charge in [0.25, 0.3) is 0 Å². The topological polar surface area (TPSA) is 71.8 Å². The van der Waals surface area contributed by atoms with Gasteiger partial charge in [-0.3, -0.25) is 0 Å². The lowest BCUT2D eigenvalue weighted by molar-refractivity contribution is 0.243. The molecule has 3 rings (SSSR count). The van der Waals surface area contributed by atoms with Crippen molar-refractivity contribution in [2.24, 2.45) is 0 Å². The normalized spacial score (nSPS) is 17.0. The van der Waals surface area contributed by atoms with Gasteiger partial charge in [0.05, 0.1) is 12.6 Å². The summed E-state index contributed by atoms with van der Waals surface area (Å²) in [6, 6.07) is 3.53. The van der Waals surface area contributed by atoms with Gasteiger partial charge in [-0.2, -0.15) is 5.10 Å². The molecule has 0 saturated carbocycles. The molecule has 1 aromatic carbocycles. The number of nitrogens with one attached hydrogen (secondary N) is 2. The zero-order valence-corrected chi connectivity index (χ0v) is 13.3. The van der Waals surface area contributed by atoms with E-state index in [2.05, 4.69) is 20.7 Å². The molecule has 1 aliphatic heterocycles. The Bertz CT molecular complexity index is 689. The summed E-state index contributed by atoms with van der Waals surface area (Å²) in [4.78, 5) is 16.4. The lowest BCUT2D eigenvalue weighted by atomic mass is 10.1. The average Bonchev–Trinajstić information content (AvgIpc) is 2.90. The maximum absolute atomic E-state index is 12.2. The first-order chi connectivity index (χ1) is 10.5. The molecule has 1 aliphatic rings. The Morgan fingerprint density at radius 1 is 1.36 bits per heavy atom. The van der Waals surface area contributed by atoms with Gasteiger partial charge < -0.3 is 10.6 Å². The third-order valence-electron chi connectivity index (χ3n) is 3.88. The summed E-state index contributed by atoms with van der Waals surface area (Å²) in [5.41, 5.74) is 2.70. The second kappa shape index (κ2) is 5.96. The number of hydrogen-bond acceptors (Lipinski definition) is 3. The molecule has 1 aromatic heterocycles. The van der Waals surface area contributed by atoms with Gasteiger partial charge in [0.15, 0.2) is 0 Å². The van der Waals surface area contributed by atoms with Gasteiger partial charge in [-0.05, 0) is 43.5 Å². The van der Waals surface area contributed by atoms with Crippen molar-refractivity contribution in [2.75, 3.05) is 5.32 Å². The lowest BCUT2D eigenvalue weighted by Crippen LogP contribution is -2.43. The Kier molecular flexibility index (Phi) is 4.02. The van der Waals surface area contributed by atoms with Crippen LogP contribution in [0, 0.1) is 13.8 Å². The van der Waals surface area contributed by atoms with E-state index in [4.69, 9.17) is 11.6 Å². The molecule has 0 bridgehead atoms. The molecule has 0 aliphatic carbocycles. The first kappa shape index (κ1) is 14.8. The summed E-state index contributed by atoms with van der Waals surface area (Å²) in [5, 5.41) is 10.7. The third kappa shape index (κ3) is 3.06. The molecule has 2 N–H and O–H groups in total. The van der Waals surface area contributed by atoms with Gasteiger partial charge in [-0.1, -0.05) is 11.6 Å². The van der Waals surface area contributed by atoms with Crippen molar-refractivity contribution in [3.8, 4) is 0 Å². The van der Waals surface area contributed by atoms with Crippen LogP contribution in [0.15, 0.2) is 18.5 Å². The number of halogens is 1. The number of anilines is 1. The van der Waals surface area contributed by atoms with E-state index in [1.807, 2.05) is 30.7 Å². The number of urea groups is 1. The number of aromatic nitrogens is 3. The van der Waals surface area contributed by atoms with Crippen molar-refractivity contribution in [2.45, 2.75) is 39.3 Å². The highest BCUT2D eigenvalue weighted by Gasteiger charge is 2.21. The van der Waals surface area contributed by atoms with Crippen molar-refractivity contribution >= 4 is 23.3 Å². The van der Waals surface area contributed by atoms with Crippen molar-refractivity contribution in [3.05, 3.63) is 40.4 Å². The zero-order valence-electron chi connectivity index (χ0n) is 12.6. The highest BCUT2D eigenvalue weighted by atomic mass is 35.5. The van der Waals surface area contributed by atoms with E-state index >= 15 is 0 Å². The summed E-state index contributed by atoms with van der Waals surface area (Å²) in [6.45, 7) is 4.51. The smallest absolute Gasteiger partial charge is 0.319 e. The highest BCUT2D eigenvalue weighted by Crippen LogP contribution is 2.24. The number of carbonyl (C=O) groups is 1. The molecule has 0 spiro atoms. The first-order valence-electron chi connectivity index (χ1n) is 7.24. The van der Waals surface area contributed by atoms with Gasteiger partial charge >= 0.3 is 6.03 Å². The second-order valence-corrected chi connectivity index (χ2v) is 6.04. The Labute approximate surface area is 133 Å². The Morgan fingerprint density at radius 3 is 2.82 bits per heavy atom. The number of aryl methyl sites for hydroxylation is 3. The molecule has 2 aromatic rings. The number of hydrogen-bond donors (Lipinski definition) is 2.